The quantitative estimate of drug-likeness (QED) is 0.439. The highest BCUT2D eigenvalue weighted by Gasteiger charge is 1.95. The second-order valence-electron chi connectivity index (χ2n) is 3.98. The maximum Gasteiger partial charge on any atom is 0.229 e. The van der Waals surface area contributed by atoms with Crippen LogP contribution in [-0.4, -0.2) is 18.2 Å². The molecule has 0 spiro atoms. The maximum absolute atomic E-state index is 10.8. The van der Waals surface area contributed by atoms with Crippen molar-refractivity contribution in [1.29, 1.82) is 0 Å². The lowest BCUT2D eigenvalue weighted by atomic mass is 10.1. The first-order valence-electron chi connectivity index (χ1n) is 6.18. The van der Waals surface area contributed by atoms with Crippen LogP contribution in [0.5, 0.6) is 0 Å². The van der Waals surface area contributed by atoms with Crippen LogP contribution in [0.3, 0.4) is 0 Å². The number of carbonyl (C=O) groups is 1. The molecule has 0 rings (SSSR count). The summed E-state index contributed by atoms with van der Waals surface area (Å²) in [4.78, 5) is 10.8. The molecule has 0 bridgehead atoms. The van der Waals surface area contributed by atoms with Crippen molar-refractivity contribution in [3.05, 3.63) is 0 Å². The number of hydrogen-bond donors (Lipinski definition) is 2. The number of amides is 1. The summed E-state index contributed by atoms with van der Waals surface area (Å²) in [7, 11) is 0. The molecule has 0 aromatic carbocycles. The van der Waals surface area contributed by atoms with Crippen LogP contribution in [0.25, 0.3) is 0 Å². The van der Waals surface area contributed by atoms with Gasteiger partial charge >= 0.3 is 0 Å². The van der Waals surface area contributed by atoms with Gasteiger partial charge in [-0.3, -0.25) is 4.79 Å². The third-order valence-electron chi connectivity index (χ3n) is 2.50. The minimum absolute atomic E-state index is 0.0429. The molecule has 0 saturated heterocycles. The monoisotopic (exact) mass is 231 g/mol. The number of carbonyl (C=O) groups excluding carboxylic acids is 1. The lowest BCUT2D eigenvalue weighted by Crippen LogP contribution is -2.25. The van der Waals surface area contributed by atoms with Gasteiger partial charge in [0.05, 0.1) is 5.75 Å². The van der Waals surface area contributed by atoms with Crippen molar-refractivity contribution in [3.63, 3.8) is 0 Å². The number of thiol groups is 1. The van der Waals surface area contributed by atoms with E-state index in [9.17, 15) is 4.79 Å². The summed E-state index contributed by atoms with van der Waals surface area (Å²) in [6.07, 6.45) is 10.4. The Labute approximate surface area is 99.6 Å². The molecule has 0 aliphatic heterocycles. The fourth-order valence-corrected chi connectivity index (χ4v) is 1.65. The van der Waals surface area contributed by atoms with Crippen molar-refractivity contribution >= 4 is 18.5 Å². The van der Waals surface area contributed by atoms with Gasteiger partial charge in [0, 0.05) is 6.54 Å². The van der Waals surface area contributed by atoms with E-state index in [1.54, 1.807) is 0 Å². The Bertz CT molecular complexity index is 151. The molecule has 0 atom stereocenters. The van der Waals surface area contributed by atoms with Crippen LogP contribution < -0.4 is 5.32 Å². The highest BCUT2D eigenvalue weighted by atomic mass is 32.1. The first-order chi connectivity index (χ1) is 7.31. The molecule has 90 valence electrons. The van der Waals surface area contributed by atoms with Crippen molar-refractivity contribution in [2.24, 2.45) is 0 Å². The lowest BCUT2D eigenvalue weighted by Gasteiger charge is -2.03. The molecule has 1 N–H and O–H groups in total. The highest BCUT2D eigenvalue weighted by molar-refractivity contribution is 7.81. The number of unbranched alkanes of at least 4 members (excludes halogenated alkanes) is 7. The van der Waals surface area contributed by atoms with Crippen LogP contribution >= 0.6 is 12.6 Å². The van der Waals surface area contributed by atoms with Gasteiger partial charge in [-0.1, -0.05) is 51.9 Å². The molecule has 0 fully saturated rings. The number of rotatable bonds is 10. The molecule has 0 unspecified atom stereocenters. The van der Waals surface area contributed by atoms with Crippen LogP contribution in [0.1, 0.15) is 58.3 Å². The fourth-order valence-electron chi connectivity index (χ4n) is 1.54. The Hall–Kier alpha value is -0.180. The van der Waals surface area contributed by atoms with Crippen LogP contribution in [0.2, 0.25) is 0 Å². The van der Waals surface area contributed by atoms with Crippen LogP contribution in [0, 0.1) is 0 Å². The second-order valence-corrected chi connectivity index (χ2v) is 4.30. The molecule has 2 nitrogen and oxygen atoms in total. The second kappa shape index (κ2) is 11.9. The predicted molar refractivity (Wildman–Crippen MR) is 69.5 cm³/mol. The zero-order valence-electron chi connectivity index (χ0n) is 9.93. The first kappa shape index (κ1) is 14.8. The predicted octanol–water partition coefficient (Wildman–Crippen LogP) is 3.17. The molecule has 0 aliphatic rings. The van der Waals surface area contributed by atoms with Gasteiger partial charge in [-0.2, -0.15) is 12.6 Å². The van der Waals surface area contributed by atoms with E-state index in [1.807, 2.05) is 0 Å². The SMILES string of the molecule is CCCCCCCCCCNC(=O)CS. The average molecular weight is 231 g/mol. The topological polar surface area (TPSA) is 29.1 Å². The molecule has 1 amide bonds. The summed E-state index contributed by atoms with van der Waals surface area (Å²) >= 11 is 3.89. The van der Waals surface area contributed by atoms with E-state index >= 15 is 0 Å². The van der Waals surface area contributed by atoms with Crippen molar-refractivity contribution in [2.75, 3.05) is 12.3 Å². The summed E-state index contributed by atoms with van der Waals surface area (Å²) in [6, 6.07) is 0. The van der Waals surface area contributed by atoms with Crippen LogP contribution in [0.15, 0.2) is 0 Å². The summed E-state index contributed by atoms with van der Waals surface area (Å²) < 4.78 is 0. The van der Waals surface area contributed by atoms with Gasteiger partial charge in [0.15, 0.2) is 0 Å². The minimum Gasteiger partial charge on any atom is -0.355 e. The Balaban J connectivity index is 2.95. The van der Waals surface area contributed by atoms with Crippen molar-refractivity contribution in [3.8, 4) is 0 Å². The van der Waals surface area contributed by atoms with E-state index in [0.29, 0.717) is 5.75 Å². The average Bonchev–Trinajstić information content (AvgIpc) is 2.26. The van der Waals surface area contributed by atoms with E-state index < -0.39 is 0 Å². The maximum atomic E-state index is 10.8. The van der Waals surface area contributed by atoms with Crippen LogP contribution in [0.4, 0.5) is 0 Å². The summed E-state index contributed by atoms with van der Waals surface area (Å²) in [6.45, 7) is 3.05. The normalized spacial score (nSPS) is 10.3. The fraction of sp³-hybridized carbons (Fsp3) is 0.917. The third kappa shape index (κ3) is 11.7. The molecule has 0 aliphatic carbocycles. The van der Waals surface area contributed by atoms with Gasteiger partial charge in [0.1, 0.15) is 0 Å². The highest BCUT2D eigenvalue weighted by Crippen LogP contribution is 2.07. The van der Waals surface area contributed by atoms with Gasteiger partial charge in [-0.05, 0) is 6.42 Å². The molecular weight excluding hydrogens is 206 g/mol. The minimum atomic E-state index is 0.0429. The smallest absolute Gasteiger partial charge is 0.229 e. The summed E-state index contributed by atoms with van der Waals surface area (Å²) in [5, 5.41) is 2.83. The largest absolute Gasteiger partial charge is 0.355 e. The van der Waals surface area contributed by atoms with Gasteiger partial charge in [-0.15, -0.1) is 0 Å². The number of hydrogen-bond acceptors (Lipinski definition) is 2. The van der Waals surface area contributed by atoms with E-state index in [-0.39, 0.29) is 5.91 Å². The van der Waals surface area contributed by atoms with Gasteiger partial charge in [0.25, 0.3) is 0 Å². The number of nitrogens with one attached hydrogen (secondary N) is 1. The first-order valence-corrected chi connectivity index (χ1v) is 6.82. The van der Waals surface area contributed by atoms with Gasteiger partial charge in [0.2, 0.25) is 5.91 Å². The standard InChI is InChI=1S/C12H25NOS/c1-2-3-4-5-6-7-8-9-10-13-12(14)11-15/h15H,2-11H2,1H3,(H,13,14). The molecule has 15 heavy (non-hydrogen) atoms. The zero-order chi connectivity index (χ0) is 11.4. The zero-order valence-corrected chi connectivity index (χ0v) is 10.8. The molecule has 0 heterocycles. The molecule has 3 heteroatoms. The van der Waals surface area contributed by atoms with Crippen LogP contribution in [-0.2, 0) is 4.79 Å². The van der Waals surface area contributed by atoms with E-state index in [1.165, 1.54) is 44.9 Å². The Morgan fingerprint density at radius 2 is 1.53 bits per heavy atom. The molecule has 0 aromatic heterocycles. The lowest BCUT2D eigenvalue weighted by molar-refractivity contribution is -0.118. The molecule has 0 saturated carbocycles. The Morgan fingerprint density at radius 1 is 1.00 bits per heavy atom. The van der Waals surface area contributed by atoms with Gasteiger partial charge in [-0.25, -0.2) is 0 Å². The molecule has 0 radical (unpaired) electrons. The van der Waals surface area contributed by atoms with Gasteiger partial charge < -0.3 is 5.32 Å². The van der Waals surface area contributed by atoms with Crippen molar-refractivity contribution in [1.82, 2.24) is 5.32 Å². The molecule has 0 aromatic rings. The van der Waals surface area contributed by atoms with E-state index in [4.69, 9.17) is 0 Å². The molecular formula is C12H25NOS. The Morgan fingerprint density at radius 3 is 2.07 bits per heavy atom. The Kier molecular flexibility index (Phi) is 11.7. The summed E-state index contributed by atoms with van der Waals surface area (Å²) in [5.74, 6) is 0.345. The van der Waals surface area contributed by atoms with Crippen molar-refractivity contribution < 1.29 is 4.79 Å². The van der Waals surface area contributed by atoms with E-state index in [0.717, 1.165) is 13.0 Å². The van der Waals surface area contributed by atoms with Crippen molar-refractivity contribution in [2.45, 2.75) is 58.3 Å². The summed E-state index contributed by atoms with van der Waals surface area (Å²) in [5.41, 5.74) is 0. The van der Waals surface area contributed by atoms with E-state index in [2.05, 4.69) is 24.9 Å². The third-order valence-corrected chi connectivity index (χ3v) is 2.78.